The summed E-state index contributed by atoms with van der Waals surface area (Å²) in [6.45, 7) is 7.45. The number of hydrogen-bond donors (Lipinski definition) is 0. The van der Waals surface area contributed by atoms with Crippen LogP contribution in [0.1, 0.15) is 101 Å². The molecule has 72 heavy (non-hydrogen) atoms. The number of methoxy groups -OCH3 is 2. The second-order valence-electron chi connectivity index (χ2n) is 17.7. The first-order valence-electron chi connectivity index (χ1n) is 23.9. The van der Waals surface area contributed by atoms with Crippen LogP contribution in [0.5, 0.6) is 0 Å². The van der Waals surface area contributed by atoms with Gasteiger partial charge in [0.25, 0.3) is 0 Å². The third kappa shape index (κ3) is 12.3. The number of benzene rings is 2. The number of fused-ring (bicyclic) bond motifs is 4. The molecular weight excluding hydrogens is 995 g/mol. The van der Waals surface area contributed by atoms with Gasteiger partial charge in [0, 0.05) is 55.8 Å². The van der Waals surface area contributed by atoms with E-state index in [0.717, 1.165) is 32.1 Å². The molecule has 2 unspecified atom stereocenters. The number of carbonyl (C=O) groups is 3. The quantitative estimate of drug-likeness (QED) is 0.0318. The number of carbonyl (C=O) groups excluding carboxylic acids is 3. The van der Waals surface area contributed by atoms with E-state index in [0.29, 0.717) is 66.8 Å². The Bertz CT molecular complexity index is 2320. The molecule has 12 nitrogen and oxygen atoms in total. The van der Waals surface area contributed by atoms with E-state index < -0.39 is 62.6 Å². The molecule has 0 aromatic heterocycles. The molecule has 2 aliphatic heterocycles. The van der Waals surface area contributed by atoms with Crippen molar-refractivity contribution >= 4 is 51.2 Å². The molecule has 0 saturated heterocycles. The van der Waals surface area contributed by atoms with Crippen molar-refractivity contribution in [3.05, 3.63) is 103 Å². The van der Waals surface area contributed by atoms with Crippen molar-refractivity contribution in [2.75, 3.05) is 100 Å². The van der Waals surface area contributed by atoms with Crippen LogP contribution in [0.15, 0.2) is 75.6 Å². The van der Waals surface area contributed by atoms with E-state index in [1.165, 1.54) is 50.3 Å². The Morgan fingerprint density at radius 2 is 0.861 bits per heavy atom. The molecule has 6 rings (SSSR count). The standard InChI is InChI=1S/C52H62F6O12S2/c1-6-7-8-9-10-11-16-68-45(59)35-14-12-34(13-15-35)39-32-48(2)43(71-39)41-42(51(55,56)52(57,58)50(41,53)54)44-49(48,3)33-40(72-44)36-29-37(46(60)69-27-25-66-23-21-64-19-17-62-4)31-38(30-36)47(61)70-28-26-67-24-22-65-20-18-63-5/h12-15,29-33H,6-11,16-28H2,1-5H3. The maximum Gasteiger partial charge on any atom is 0.380 e. The number of halogens is 6. The van der Waals surface area contributed by atoms with E-state index in [9.17, 15) is 14.4 Å². The van der Waals surface area contributed by atoms with E-state index in [2.05, 4.69) is 6.92 Å². The number of allylic oxidation sites excluding steroid dienone is 6. The number of thioether (sulfide) groups is 2. The topological polar surface area (TPSA) is 134 Å². The SMILES string of the molecule is CCCCCCCCOC(=O)c1ccc(C2=CC3(C)C(=C4C(=C5SC(c6cc(C(=O)OCCOCCOCCOC)cc(C(=O)OCCOCCOCCOC)c6)=CC53C)C(F)(F)C(F)(F)C4(F)F)S2)cc1. The highest BCUT2D eigenvalue weighted by Gasteiger charge is 2.84. The molecule has 0 spiro atoms. The molecule has 2 aromatic rings. The minimum Gasteiger partial charge on any atom is -0.462 e. The van der Waals surface area contributed by atoms with Crippen molar-refractivity contribution in [2.45, 2.75) is 77.1 Å². The molecule has 1 saturated carbocycles. The van der Waals surface area contributed by atoms with Gasteiger partial charge in [-0.05, 0) is 47.9 Å². The fourth-order valence-electron chi connectivity index (χ4n) is 8.55. The van der Waals surface area contributed by atoms with Crippen LogP contribution in [0, 0.1) is 10.8 Å². The predicted molar refractivity (Wildman–Crippen MR) is 260 cm³/mol. The highest BCUT2D eigenvalue weighted by Crippen LogP contribution is 2.78. The van der Waals surface area contributed by atoms with Crippen LogP contribution < -0.4 is 0 Å². The van der Waals surface area contributed by atoms with Gasteiger partial charge in [-0.2, -0.15) is 26.3 Å². The number of unbranched alkanes of at least 4 members (excludes halogenated alkanes) is 5. The van der Waals surface area contributed by atoms with Crippen LogP contribution >= 0.6 is 23.5 Å². The Kier molecular flexibility index (Phi) is 20.1. The molecule has 4 aliphatic rings. The maximum absolute atomic E-state index is 16.3. The largest absolute Gasteiger partial charge is 0.462 e. The first-order chi connectivity index (χ1) is 34.4. The smallest absolute Gasteiger partial charge is 0.380 e. The first-order valence-corrected chi connectivity index (χ1v) is 25.5. The normalized spacial score (nSPS) is 21.3. The highest BCUT2D eigenvalue weighted by atomic mass is 32.2. The van der Waals surface area contributed by atoms with Gasteiger partial charge < -0.3 is 42.6 Å². The zero-order valence-electron chi connectivity index (χ0n) is 41.1. The maximum atomic E-state index is 16.3. The summed E-state index contributed by atoms with van der Waals surface area (Å²) in [6, 6.07) is 10.00. The lowest BCUT2D eigenvalue weighted by Crippen LogP contribution is -2.47. The van der Waals surface area contributed by atoms with Crippen molar-refractivity contribution in [2.24, 2.45) is 10.8 Å². The van der Waals surface area contributed by atoms with Gasteiger partial charge in [-0.15, -0.1) is 0 Å². The Labute approximate surface area is 424 Å². The van der Waals surface area contributed by atoms with Gasteiger partial charge in [-0.3, -0.25) is 0 Å². The molecule has 0 radical (unpaired) electrons. The van der Waals surface area contributed by atoms with Crippen LogP contribution in [0.4, 0.5) is 26.3 Å². The third-order valence-electron chi connectivity index (χ3n) is 12.8. The lowest BCUT2D eigenvalue weighted by atomic mass is 9.60. The van der Waals surface area contributed by atoms with Gasteiger partial charge in [-0.1, -0.05) is 101 Å². The summed E-state index contributed by atoms with van der Waals surface area (Å²) in [4.78, 5) is 39.7. The summed E-state index contributed by atoms with van der Waals surface area (Å²) in [5.41, 5.74) is -5.77. The number of hydrogen-bond acceptors (Lipinski definition) is 14. The molecule has 2 heterocycles. The highest BCUT2D eigenvalue weighted by molar-refractivity contribution is 8.12. The monoisotopic (exact) mass is 1060 g/mol. The summed E-state index contributed by atoms with van der Waals surface area (Å²) < 4.78 is 144. The Balaban J connectivity index is 1.30. The molecule has 396 valence electrons. The predicted octanol–water partition coefficient (Wildman–Crippen LogP) is 11.2. The summed E-state index contributed by atoms with van der Waals surface area (Å²) >= 11 is 1.28. The van der Waals surface area contributed by atoms with Crippen LogP contribution in [0.2, 0.25) is 0 Å². The molecular formula is C52H62F6O12S2. The number of ether oxygens (including phenoxy) is 9. The van der Waals surface area contributed by atoms with E-state index in [4.69, 9.17) is 42.6 Å². The Morgan fingerprint density at radius 3 is 1.32 bits per heavy atom. The molecule has 2 atom stereocenters. The van der Waals surface area contributed by atoms with Gasteiger partial charge in [0.2, 0.25) is 0 Å². The number of esters is 3. The molecule has 2 aliphatic carbocycles. The van der Waals surface area contributed by atoms with Gasteiger partial charge >= 0.3 is 35.7 Å². The summed E-state index contributed by atoms with van der Waals surface area (Å²) in [5.74, 6) is -18.8. The van der Waals surface area contributed by atoms with Gasteiger partial charge in [-0.25, -0.2) is 14.4 Å². The van der Waals surface area contributed by atoms with Gasteiger partial charge in [0.15, 0.2) is 0 Å². The first kappa shape index (κ1) is 57.1. The lowest BCUT2D eigenvalue weighted by molar-refractivity contribution is -0.258. The van der Waals surface area contributed by atoms with E-state index in [1.54, 1.807) is 32.4 Å². The summed E-state index contributed by atoms with van der Waals surface area (Å²) in [5, 5.41) is 0. The molecule has 2 aromatic carbocycles. The van der Waals surface area contributed by atoms with Gasteiger partial charge in [0.1, 0.15) is 13.2 Å². The molecule has 0 amide bonds. The van der Waals surface area contributed by atoms with Crippen LogP contribution in [-0.2, 0) is 42.6 Å². The van der Waals surface area contributed by atoms with Crippen molar-refractivity contribution in [1.82, 2.24) is 0 Å². The lowest BCUT2D eigenvalue weighted by Gasteiger charge is -2.45. The zero-order chi connectivity index (χ0) is 52.2. The van der Waals surface area contributed by atoms with Crippen molar-refractivity contribution in [1.29, 1.82) is 0 Å². The number of alkyl halides is 6. The minimum atomic E-state index is -5.80. The van der Waals surface area contributed by atoms with Crippen molar-refractivity contribution < 1.29 is 83.4 Å². The summed E-state index contributed by atoms with van der Waals surface area (Å²) in [7, 11) is 3.08. The second kappa shape index (κ2) is 25.4. The Hall–Kier alpha value is -4.15. The van der Waals surface area contributed by atoms with Crippen molar-refractivity contribution in [3.63, 3.8) is 0 Å². The van der Waals surface area contributed by atoms with Crippen LogP contribution in [0.3, 0.4) is 0 Å². The Morgan fingerprint density at radius 1 is 0.472 bits per heavy atom. The molecule has 0 bridgehead atoms. The molecule has 20 heteroatoms. The van der Waals surface area contributed by atoms with E-state index in [1.807, 2.05) is 0 Å². The average Bonchev–Trinajstić information content (AvgIpc) is 3.95. The average molecular weight is 1060 g/mol. The van der Waals surface area contributed by atoms with E-state index >= 15 is 26.3 Å². The van der Waals surface area contributed by atoms with Crippen LogP contribution in [0.25, 0.3) is 9.81 Å². The van der Waals surface area contributed by atoms with Gasteiger partial charge in [0.05, 0.1) is 89.4 Å². The number of rotatable bonds is 30. The fourth-order valence-corrected chi connectivity index (χ4v) is 11.7. The van der Waals surface area contributed by atoms with Crippen molar-refractivity contribution in [3.8, 4) is 0 Å². The fraction of sp³-hybridized carbons (Fsp3) is 0.558. The third-order valence-corrected chi connectivity index (χ3v) is 15.6. The zero-order valence-corrected chi connectivity index (χ0v) is 42.7. The van der Waals surface area contributed by atoms with Crippen LogP contribution in [-0.4, -0.2) is 136 Å². The minimum absolute atomic E-state index is 0.00901. The summed E-state index contributed by atoms with van der Waals surface area (Å²) in [6.07, 6.45) is 9.15. The van der Waals surface area contributed by atoms with E-state index in [-0.39, 0.29) is 91.5 Å². The second-order valence-corrected chi connectivity index (χ2v) is 19.8. The molecule has 1 fully saturated rings. The molecule has 0 N–H and O–H groups in total.